The molecule has 0 atom stereocenters. The number of aryl methyl sites for hydroxylation is 1. The lowest BCUT2D eigenvalue weighted by Gasteiger charge is -2.04. The fourth-order valence-electron chi connectivity index (χ4n) is 2.23. The first-order chi connectivity index (χ1) is 9.71. The van der Waals surface area contributed by atoms with Crippen LogP contribution in [0.2, 0.25) is 0 Å². The third-order valence-electron chi connectivity index (χ3n) is 3.36. The second-order valence-electron chi connectivity index (χ2n) is 4.72. The van der Waals surface area contributed by atoms with Crippen molar-refractivity contribution >= 4 is 11.0 Å². The third kappa shape index (κ3) is 2.11. The van der Waals surface area contributed by atoms with Crippen LogP contribution < -0.4 is 9.47 Å². The zero-order valence-corrected chi connectivity index (χ0v) is 11.8. The van der Waals surface area contributed by atoms with E-state index in [0.29, 0.717) is 0 Å². The van der Waals surface area contributed by atoms with Gasteiger partial charge in [0.05, 0.1) is 19.6 Å². The Balaban J connectivity index is 2.16. The fourth-order valence-corrected chi connectivity index (χ4v) is 2.23. The molecular formula is C17H16O3. The van der Waals surface area contributed by atoms with Crippen molar-refractivity contribution in [3.05, 3.63) is 48.0 Å². The summed E-state index contributed by atoms with van der Waals surface area (Å²) < 4.78 is 16.6. The maximum atomic E-state index is 5.92. The summed E-state index contributed by atoms with van der Waals surface area (Å²) >= 11 is 0. The normalized spacial score (nSPS) is 10.8. The number of furan rings is 1. The monoisotopic (exact) mass is 268 g/mol. The molecule has 1 heterocycles. The van der Waals surface area contributed by atoms with Crippen LogP contribution in [0, 0.1) is 6.92 Å². The van der Waals surface area contributed by atoms with Crippen LogP contribution in [-0.4, -0.2) is 14.2 Å². The average Bonchev–Trinajstić information content (AvgIpc) is 2.90. The van der Waals surface area contributed by atoms with Gasteiger partial charge in [0.25, 0.3) is 0 Å². The average molecular weight is 268 g/mol. The Morgan fingerprint density at radius 2 is 1.65 bits per heavy atom. The van der Waals surface area contributed by atoms with Gasteiger partial charge in [-0.2, -0.15) is 0 Å². The van der Waals surface area contributed by atoms with Crippen molar-refractivity contribution in [3.63, 3.8) is 0 Å². The van der Waals surface area contributed by atoms with Crippen molar-refractivity contribution in [2.45, 2.75) is 6.92 Å². The summed E-state index contributed by atoms with van der Waals surface area (Å²) in [6.45, 7) is 2.07. The highest BCUT2D eigenvalue weighted by atomic mass is 16.5. The third-order valence-corrected chi connectivity index (χ3v) is 3.36. The van der Waals surface area contributed by atoms with Gasteiger partial charge in [-0.05, 0) is 13.0 Å². The van der Waals surface area contributed by atoms with Crippen LogP contribution in [0.15, 0.2) is 46.9 Å². The molecule has 2 aromatic carbocycles. The van der Waals surface area contributed by atoms with Crippen molar-refractivity contribution < 1.29 is 13.9 Å². The number of methoxy groups -OCH3 is 2. The SMILES string of the molecule is COc1cc(OC)c2cc(-c3ccc(C)cc3)oc2c1. The van der Waals surface area contributed by atoms with Crippen molar-refractivity contribution in [1.82, 2.24) is 0 Å². The van der Waals surface area contributed by atoms with Gasteiger partial charge >= 0.3 is 0 Å². The number of ether oxygens (including phenoxy) is 2. The summed E-state index contributed by atoms with van der Waals surface area (Å²) in [7, 11) is 3.27. The maximum Gasteiger partial charge on any atom is 0.142 e. The Kier molecular flexibility index (Phi) is 3.11. The first-order valence-electron chi connectivity index (χ1n) is 6.44. The second kappa shape index (κ2) is 4.93. The minimum Gasteiger partial charge on any atom is -0.496 e. The van der Waals surface area contributed by atoms with Crippen LogP contribution in [0.1, 0.15) is 5.56 Å². The topological polar surface area (TPSA) is 31.6 Å². The molecule has 1 aromatic heterocycles. The van der Waals surface area contributed by atoms with E-state index in [2.05, 4.69) is 31.2 Å². The zero-order valence-electron chi connectivity index (χ0n) is 11.8. The molecule has 0 aliphatic carbocycles. The molecule has 20 heavy (non-hydrogen) atoms. The predicted molar refractivity (Wildman–Crippen MR) is 79.5 cm³/mol. The molecule has 0 saturated carbocycles. The number of fused-ring (bicyclic) bond motifs is 1. The van der Waals surface area contributed by atoms with Gasteiger partial charge in [0.1, 0.15) is 22.8 Å². The van der Waals surface area contributed by atoms with E-state index < -0.39 is 0 Å². The lowest BCUT2D eigenvalue weighted by molar-refractivity contribution is 0.397. The standard InChI is InChI=1S/C17H16O3/c1-11-4-6-12(7-5-11)15-10-14-16(19-3)8-13(18-2)9-17(14)20-15/h4-10H,1-3H3. The van der Waals surface area contributed by atoms with Crippen molar-refractivity contribution in [2.75, 3.05) is 14.2 Å². The molecule has 3 nitrogen and oxygen atoms in total. The molecule has 0 N–H and O–H groups in total. The van der Waals surface area contributed by atoms with Crippen LogP contribution in [0.25, 0.3) is 22.3 Å². The van der Waals surface area contributed by atoms with E-state index in [1.54, 1.807) is 14.2 Å². The van der Waals surface area contributed by atoms with E-state index in [0.717, 1.165) is 33.8 Å². The van der Waals surface area contributed by atoms with Crippen LogP contribution in [0.5, 0.6) is 11.5 Å². The van der Waals surface area contributed by atoms with E-state index in [1.165, 1.54) is 5.56 Å². The fraction of sp³-hybridized carbons (Fsp3) is 0.176. The summed E-state index contributed by atoms with van der Waals surface area (Å²) in [5.74, 6) is 2.30. The van der Waals surface area contributed by atoms with E-state index in [1.807, 2.05) is 18.2 Å². The van der Waals surface area contributed by atoms with Gasteiger partial charge in [-0.1, -0.05) is 29.8 Å². The van der Waals surface area contributed by atoms with E-state index in [9.17, 15) is 0 Å². The van der Waals surface area contributed by atoms with Crippen LogP contribution in [-0.2, 0) is 0 Å². The molecule has 3 aromatic rings. The molecule has 0 fully saturated rings. The molecule has 0 amide bonds. The Morgan fingerprint density at radius 1 is 0.900 bits per heavy atom. The molecule has 0 aliphatic rings. The number of hydrogen-bond acceptors (Lipinski definition) is 3. The Labute approximate surface area is 117 Å². The maximum absolute atomic E-state index is 5.92. The Hall–Kier alpha value is -2.42. The smallest absolute Gasteiger partial charge is 0.142 e. The van der Waals surface area contributed by atoms with Crippen LogP contribution >= 0.6 is 0 Å². The summed E-state index contributed by atoms with van der Waals surface area (Å²) in [6.07, 6.45) is 0. The van der Waals surface area contributed by atoms with Gasteiger partial charge in [-0.3, -0.25) is 0 Å². The molecule has 0 unspecified atom stereocenters. The van der Waals surface area contributed by atoms with Crippen LogP contribution in [0.4, 0.5) is 0 Å². The minimum atomic E-state index is 0.721. The second-order valence-corrected chi connectivity index (χ2v) is 4.72. The summed E-state index contributed by atoms with van der Waals surface area (Å²) in [6, 6.07) is 14.0. The first kappa shape index (κ1) is 12.6. The molecule has 0 aliphatic heterocycles. The summed E-state index contributed by atoms with van der Waals surface area (Å²) in [5, 5.41) is 0.948. The highest BCUT2D eigenvalue weighted by Gasteiger charge is 2.12. The summed E-state index contributed by atoms with van der Waals surface area (Å²) in [5.41, 5.74) is 3.04. The minimum absolute atomic E-state index is 0.721. The van der Waals surface area contributed by atoms with Gasteiger partial charge in [0.15, 0.2) is 0 Å². The van der Waals surface area contributed by atoms with Gasteiger partial charge in [-0.15, -0.1) is 0 Å². The van der Waals surface area contributed by atoms with Crippen LogP contribution in [0.3, 0.4) is 0 Å². The van der Waals surface area contributed by atoms with Gasteiger partial charge in [0, 0.05) is 17.7 Å². The Bertz CT molecular complexity index is 739. The van der Waals surface area contributed by atoms with E-state index in [4.69, 9.17) is 13.9 Å². The van der Waals surface area contributed by atoms with Gasteiger partial charge < -0.3 is 13.9 Å². The van der Waals surface area contributed by atoms with Gasteiger partial charge in [0.2, 0.25) is 0 Å². The molecule has 0 saturated heterocycles. The molecule has 0 spiro atoms. The summed E-state index contributed by atoms with van der Waals surface area (Å²) in [4.78, 5) is 0. The molecular weight excluding hydrogens is 252 g/mol. The first-order valence-corrected chi connectivity index (χ1v) is 6.44. The predicted octanol–water partition coefficient (Wildman–Crippen LogP) is 4.43. The molecule has 3 rings (SSSR count). The molecule has 0 bridgehead atoms. The highest BCUT2D eigenvalue weighted by molar-refractivity contribution is 5.89. The van der Waals surface area contributed by atoms with Crippen molar-refractivity contribution in [1.29, 1.82) is 0 Å². The lowest BCUT2D eigenvalue weighted by atomic mass is 10.1. The van der Waals surface area contributed by atoms with Crippen molar-refractivity contribution in [2.24, 2.45) is 0 Å². The van der Waals surface area contributed by atoms with Gasteiger partial charge in [-0.25, -0.2) is 0 Å². The molecule has 102 valence electrons. The Morgan fingerprint density at radius 3 is 2.30 bits per heavy atom. The zero-order chi connectivity index (χ0) is 14.1. The number of benzene rings is 2. The van der Waals surface area contributed by atoms with Crippen molar-refractivity contribution in [3.8, 4) is 22.8 Å². The molecule has 0 radical (unpaired) electrons. The number of rotatable bonds is 3. The lowest BCUT2D eigenvalue weighted by Crippen LogP contribution is -1.86. The van der Waals surface area contributed by atoms with E-state index >= 15 is 0 Å². The number of hydrogen-bond donors (Lipinski definition) is 0. The highest BCUT2D eigenvalue weighted by Crippen LogP contribution is 2.36. The molecule has 3 heteroatoms. The quantitative estimate of drug-likeness (QED) is 0.704. The van der Waals surface area contributed by atoms with E-state index in [-0.39, 0.29) is 0 Å². The largest absolute Gasteiger partial charge is 0.496 e.